The molecule has 4 nitrogen and oxygen atoms in total. The molecule has 0 heterocycles. The van der Waals surface area contributed by atoms with Crippen LogP contribution in [0.25, 0.3) is 0 Å². The Kier molecular flexibility index (Phi) is 4.79. The summed E-state index contributed by atoms with van der Waals surface area (Å²) in [5.41, 5.74) is 0.972. The number of hydrogen-bond acceptors (Lipinski definition) is 4. The molecule has 0 aliphatic rings. The van der Waals surface area contributed by atoms with Crippen molar-refractivity contribution in [3.05, 3.63) is 34.9 Å². The van der Waals surface area contributed by atoms with Gasteiger partial charge in [0.1, 0.15) is 0 Å². The molecule has 0 aliphatic heterocycles. The fraction of sp³-hybridized carbons (Fsp3) is 0.273. The number of nitrogens with zero attached hydrogens (tertiary/aromatic N) is 1. The Labute approximate surface area is 98.5 Å². The maximum absolute atomic E-state index is 11.1. The van der Waals surface area contributed by atoms with Gasteiger partial charge < -0.3 is 9.94 Å². The zero-order valence-corrected chi connectivity index (χ0v) is 9.57. The van der Waals surface area contributed by atoms with Crippen molar-refractivity contribution >= 4 is 23.3 Å². The van der Waals surface area contributed by atoms with E-state index in [2.05, 4.69) is 9.89 Å². The van der Waals surface area contributed by atoms with E-state index in [1.807, 2.05) is 12.1 Å². The van der Waals surface area contributed by atoms with Gasteiger partial charge in [-0.1, -0.05) is 28.9 Å². The maximum Gasteiger partial charge on any atom is 0.355 e. The van der Waals surface area contributed by atoms with Crippen LogP contribution in [-0.4, -0.2) is 24.0 Å². The van der Waals surface area contributed by atoms with Crippen LogP contribution in [0.5, 0.6) is 0 Å². The molecule has 0 saturated heterocycles. The minimum atomic E-state index is -0.621. The molecule has 0 unspecified atom stereocenters. The normalized spacial score (nSPS) is 11.2. The molecule has 1 rings (SSSR count). The van der Waals surface area contributed by atoms with Crippen LogP contribution in [0.15, 0.2) is 29.4 Å². The number of carbonyl (C=O) groups excluding carboxylic acids is 1. The zero-order valence-electron chi connectivity index (χ0n) is 8.81. The third-order valence-electron chi connectivity index (χ3n) is 2.08. The molecule has 86 valence electrons. The van der Waals surface area contributed by atoms with Crippen LogP contribution in [-0.2, 0) is 16.0 Å². The molecule has 0 spiro atoms. The molecule has 0 atom stereocenters. The second-order valence-corrected chi connectivity index (χ2v) is 3.60. The summed E-state index contributed by atoms with van der Waals surface area (Å²) in [6, 6.07) is 7.28. The fourth-order valence-electron chi connectivity index (χ4n) is 1.27. The van der Waals surface area contributed by atoms with Crippen molar-refractivity contribution in [2.24, 2.45) is 5.16 Å². The van der Waals surface area contributed by atoms with Gasteiger partial charge in [0, 0.05) is 11.4 Å². The third-order valence-corrected chi connectivity index (χ3v) is 2.32. The molecule has 1 aromatic rings. The number of rotatable bonds is 4. The molecule has 5 heteroatoms. The summed E-state index contributed by atoms with van der Waals surface area (Å²) in [4.78, 5) is 11.1. The molecule has 1 aromatic carbocycles. The van der Waals surface area contributed by atoms with Crippen molar-refractivity contribution in [2.75, 3.05) is 7.11 Å². The first-order valence-electron chi connectivity index (χ1n) is 4.71. The number of esters is 1. The standard InChI is InChI=1S/C11H12ClNO3/c1-16-11(14)10(13-15)6-5-8-3-2-4-9(12)7-8/h2-4,7,15H,5-6H2,1H3/b13-10+. The second kappa shape index (κ2) is 6.12. The van der Waals surface area contributed by atoms with Gasteiger partial charge in [-0.25, -0.2) is 4.79 Å². The molecular formula is C11H12ClNO3. The van der Waals surface area contributed by atoms with Crippen LogP contribution >= 0.6 is 11.6 Å². The number of benzene rings is 1. The predicted octanol–water partition coefficient (Wildman–Crippen LogP) is 2.28. The van der Waals surface area contributed by atoms with Gasteiger partial charge in [0.25, 0.3) is 0 Å². The van der Waals surface area contributed by atoms with Gasteiger partial charge in [0.2, 0.25) is 0 Å². The lowest BCUT2D eigenvalue weighted by atomic mass is 10.1. The Morgan fingerprint density at radius 2 is 2.31 bits per heavy atom. The summed E-state index contributed by atoms with van der Waals surface area (Å²) in [7, 11) is 1.24. The minimum Gasteiger partial charge on any atom is -0.464 e. The van der Waals surface area contributed by atoms with E-state index < -0.39 is 5.97 Å². The van der Waals surface area contributed by atoms with E-state index in [0.29, 0.717) is 17.9 Å². The predicted molar refractivity (Wildman–Crippen MR) is 61.0 cm³/mol. The van der Waals surface area contributed by atoms with E-state index in [4.69, 9.17) is 16.8 Å². The lowest BCUT2D eigenvalue weighted by molar-refractivity contribution is -0.133. The SMILES string of the molecule is COC(=O)/C(CCc1cccc(Cl)c1)=N/O. The summed E-state index contributed by atoms with van der Waals surface area (Å²) >= 11 is 5.81. The van der Waals surface area contributed by atoms with Crippen LogP contribution < -0.4 is 0 Å². The number of carbonyl (C=O) groups is 1. The van der Waals surface area contributed by atoms with E-state index in [9.17, 15) is 4.79 Å². The first-order valence-corrected chi connectivity index (χ1v) is 5.09. The van der Waals surface area contributed by atoms with Crippen molar-refractivity contribution in [3.63, 3.8) is 0 Å². The maximum atomic E-state index is 11.1. The van der Waals surface area contributed by atoms with E-state index in [1.54, 1.807) is 12.1 Å². The van der Waals surface area contributed by atoms with E-state index in [-0.39, 0.29) is 5.71 Å². The summed E-state index contributed by atoms with van der Waals surface area (Å²) in [5, 5.41) is 12.2. The quantitative estimate of drug-likeness (QED) is 0.381. The molecule has 1 N–H and O–H groups in total. The van der Waals surface area contributed by atoms with Crippen LogP contribution in [0.3, 0.4) is 0 Å². The average molecular weight is 242 g/mol. The molecule has 16 heavy (non-hydrogen) atoms. The largest absolute Gasteiger partial charge is 0.464 e. The van der Waals surface area contributed by atoms with Crippen molar-refractivity contribution in [2.45, 2.75) is 12.8 Å². The second-order valence-electron chi connectivity index (χ2n) is 3.17. The molecule has 0 amide bonds. The highest BCUT2D eigenvalue weighted by Gasteiger charge is 2.12. The van der Waals surface area contributed by atoms with Crippen LogP contribution in [0.4, 0.5) is 0 Å². The van der Waals surface area contributed by atoms with Crippen molar-refractivity contribution in [1.82, 2.24) is 0 Å². The van der Waals surface area contributed by atoms with Crippen LogP contribution in [0, 0.1) is 0 Å². The summed E-state index contributed by atoms with van der Waals surface area (Å²) in [5.74, 6) is -0.621. The molecular weight excluding hydrogens is 230 g/mol. The Balaban J connectivity index is 2.60. The van der Waals surface area contributed by atoms with Gasteiger partial charge in [0.15, 0.2) is 5.71 Å². The molecule has 0 saturated carbocycles. The van der Waals surface area contributed by atoms with Crippen molar-refractivity contribution < 1.29 is 14.7 Å². The van der Waals surface area contributed by atoms with Gasteiger partial charge >= 0.3 is 5.97 Å². The van der Waals surface area contributed by atoms with Crippen LogP contribution in [0.1, 0.15) is 12.0 Å². The zero-order chi connectivity index (χ0) is 12.0. The molecule has 0 aromatic heterocycles. The van der Waals surface area contributed by atoms with Crippen LogP contribution in [0.2, 0.25) is 5.02 Å². The highest BCUT2D eigenvalue weighted by atomic mass is 35.5. The third kappa shape index (κ3) is 3.55. The Bertz CT molecular complexity index is 404. The smallest absolute Gasteiger partial charge is 0.355 e. The first-order chi connectivity index (χ1) is 7.67. The highest BCUT2D eigenvalue weighted by Crippen LogP contribution is 2.12. The topological polar surface area (TPSA) is 58.9 Å². The molecule has 0 fully saturated rings. The van der Waals surface area contributed by atoms with Gasteiger partial charge in [-0.3, -0.25) is 0 Å². The van der Waals surface area contributed by atoms with Gasteiger partial charge in [-0.15, -0.1) is 0 Å². The molecule has 0 radical (unpaired) electrons. The number of hydrogen-bond donors (Lipinski definition) is 1. The minimum absolute atomic E-state index is 0.00229. The summed E-state index contributed by atoms with van der Waals surface area (Å²) in [6.45, 7) is 0. The van der Waals surface area contributed by atoms with Gasteiger partial charge in [-0.05, 0) is 24.1 Å². The number of oxime groups is 1. The lowest BCUT2D eigenvalue weighted by Gasteiger charge is -2.03. The number of aryl methyl sites for hydroxylation is 1. The van der Waals surface area contributed by atoms with Gasteiger partial charge in [-0.2, -0.15) is 0 Å². The Morgan fingerprint density at radius 3 is 2.88 bits per heavy atom. The summed E-state index contributed by atoms with van der Waals surface area (Å²) < 4.78 is 4.46. The average Bonchev–Trinajstić information content (AvgIpc) is 2.29. The first kappa shape index (κ1) is 12.5. The molecule has 0 aliphatic carbocycles. The van der Waals surface area contributed by atoms with E-state index in [1.165, 1.54) is 7.11 Å². The fourth-order valence-corrected chi connectivity index (χ4v) is 1.48. The van der Waals surface area contributed by atoms with E-state index in [0.717, 1.165) is 5.56 Å². The number of ether oxygens (including phenoxy) is 1. The Hall–Kier alpha value is -1.55. The van der Waals surface area contributed by atoms with E-state index >= 15 is 0 Å². The van der Waals surface area contributed by atoms with Crippen molar-refractivity contribution in [3.8, 4) is 0 Å². The monoisotopic (exact) mass is 241 g/mol. The Morgan fingerprint density at radius 1 is 1.56 bits per heavy atom. The van der Waals surface area contributed by atoms with Gasteiger partial charge in [0.05, 0.1) is 7.11 Å². The number of methoxy groups -OCH3 is 1. The van der Waals surface area contributed by atoms with Crippen molar-refractivity contribution in [1.29, 1.82) is 0 Å². The molecule has 0 bridgehead atoms. The summed E-state index contributed by atoms with van der Waals surface area (Å²) in [6.07, 6.45) is 0.874. The number of halogens is 1. The lowest BCUT2D eigenvalue weighted by Crippen LogP contribution is -2.16. The highest BCUT2D eigenvalue weighted by molar-refractivity contribution is 6.36.